The van der Waals surface area contributed by atoms with Crippen LogP contribution in [0.25, 0.3) is 0 Å². The Morgan fingerprint density at radius 2 is 1.91 bits per heavy atom. The SMILES string of the molecule is C=C(C)[C@]12C[C@@H](C)[C@@]34O[C@](Cc5ccccc5)(O[C@@H]1[C@@H]3C=C(COC(=O)Oc1cc(Br)c(O)c(OC)c1)C[C@]1(O)C(=O)C(C)=C[C@@H]41)O2. The summed E-state index contributed by atoms with van der Waals surface area (Å²) in [4.78, 5) is 26.7. The summed E-state index contributed by atoms with van der Waals surface area (Å²) in [7, 11) is 1.37. The van der Waals surface area contributed by atoms with Crippen LogP contribution in [-0.2, 0) is 30.2 Å². The Balaban J connectivity index is 1.26. The lowest BCUT2D eigenvalue weighted by Gasteiger charge is -2.59. The maximum Gasteiger partial charge on any atom is 0.514 e. The lowest BCUT2D eigenvalue weighted by Crippen LogP contribution is -2.70. The fourth-order valence-corrected chi connectivity index (χ4v) is 8.95. The number of halogens is 1. The molecule has 1 saturated carbocycles. The van der Waals surface area contributed by atoms with Gasteiger partial charge in [0.2, 0.25) is 0 Å². The molecule has 0 aromatic heterocycles. The number of carbonyl (C=O) groups excluding carboxylic acids is 2. The first-order valence-corrected chi connectivity index (χ1v) is 16.4. The van der Waals surface area contributed by atoms with E-state index in [1.54, 1.807) is 6.92 Å². The van der Waals surface area contributed by atoms with Crippen LogP contribution in [0.1, 0.15) is 39.2 Å². The number of phenolic OH excluding ortho intramolecular Hbond substituents is 1. The van der Waals surface area contributed by atoms with Crippen LogP contribution in [0.5, 0.6) is 17.2 Å². The number of phenols is 1. The van der Waals surface area contributed by atoms with Gasteiger partial charge in [-0.05, 0) is 70.5 Å². The molecule has 248 valence electrons. The van der Waals surface area contributed by atoms with Gasteiger partial charge in [0.15, 0.2) is 17.3 Å². The second-order valence-electron chi connectivity index (χ2n) is 13.4. The molecule has 47 heavy (non-hydrogen) atoms. The van der Waals surface area contributed by atoms with Gasteiger partial charge in [-0.15, -0.1) is 0 Å². The monoisotopic (exact) mass is 708 g/mol. The molecule has 3 bridgehead atoms. The lowest BCUT2D eigenvalue weighted by atomic mass is 9.55. The summed E-state index contributed by atoms with van der Waals surface area (Å²) in [6, 6.07) is 12.5. The molecule has 0 unspecified atom stereocenters. The molecule has 7 rings (SSSR count). The van der Waals surface area contributed by atoms with Crippen molar-refractivity contribution in [1.82, 2.24) is 0 Å². The highest BCUT2D eigenvalue weighted by Gasteiger charge is 2.79. The van der Waals surface area contributed by atoms with Crippen molar-refractivity contribution in [3.63, 3.8) is 0 Å². The Morgan fingerprint density at radius 3 is 2.62 bits per heavy atom. The first kappa shape index (κ1) is 32.1. The molecule has 2 saturated heterocycles. The summed E-state index contributed by atoms with van der Waals surface area (Å²) < 4.78 is 37.1. The molecule has 2 aromatic rings. The van der Waals surface area contributed by atoms with E-state index in [2.05, 4.69) is 29.4 Å². The maximum absolute atomic E-state index is 13.8. The van der Waals surface area contributed by atoms with Crippen molar-refractivity contribution in [3.05, 3.63) is 88.0 Å². The predicted molar refractivity (Wildman–Crippen MR) is 172 cm³/mol. The van der Waals surface area contributed by atoms with Crippen LogP contribution in [0.3, 0.4) is 0 Å². The summed E-state index contributed by atoms with van der Waals surface area (Å²) in [5, 5.41) is 22.5. The van der Waals surface area contributed by atoms with E-state index in [0.29, 0.717) is 24.0 Å². The van der Waals surface area contributed by atoms with E-state index in [1.807, 2.05) is 49.4 Å². The number of rotatable bonds is 7. The van der Waals surface area contributed by atoms with E-state index in [4.69, 9.17) is 28.4 Å². The number of methoxy groups -OCH3 is 1. The zero-order valence-corrected chi connectivity index (χ0v) is 28.2. The molecular formula is C36H37BrO10. The Labute approximate surface area is 281 Å². The van der Waals surface area contributed by atoms with Crippen LogP contribution in [0.15, 0.2) is 82.4 Å². The fourth-order valence-electron chi connectivity index (χ4n) is 8.53. The standard InChI is InChI=1S/C36H37BrO10/c1-19(2)34-15-21(4)36-25(31(34)45-35(46-34,47-36)17-22-9-7-6-8-10-22)12-23(16-33(41)28(36)11-20(3)30(33)39)18-43-32(40)44-24-13-26(37)29(38)27(14-24)42-5/h6-14,21,25,28,31,38,41H,1,15-18H2,2-5H3/t21-,25+,28-,31-,33-,34-,35-,36-/m1/s1. The average Bonchev–Trinajstić information content (AvgIpc) is 3.33. The molecule has 0 radical (unpaired) electrons. The van der Waals surface area contributed by atoms with Crippen molar-refractivity contribution < 1.29 is 48.2 Å². The topological polar surface area (TPSA) is 130 Å². The van der Waals surface area contributed by atoms with Gasteiger partial charge in [0.05, 0.1) is 23.6 Å². The molecule has 3 fully saturated rings. The molecule has 2 aliphatic heterocycles. The zero-order valence-electron chi connectivity index (χ0n) is 26.6. The molecule has 0 amide bonds. The molecule has 2 aromatic carbocycles. The highest BCUT2D eigenvalue weighted by Crippen LogP contribution is 2.68. The number of carbonyl (C=O) groups is 2. The quantitative estimate of drug-likeness (QED) is 0.203. The lowest BCUT2D eigenvalue weighted by molar-refractivity contribution is -0.421. The molecule has 2 N–H and O–H groups in total. The Bertz CT molecular complexity index is 1740. The van der Waals surface area contributed by atoms with Crippen molar-refractivity contribution in [1.29, 1.82) is 0 Å². The van der Waals surface area contributed by atoms with Gasteiger partial charge in [-0.3, -0.25) is 4.79 Å². The minimum absolute atomic E-state index is 0.0795. The minimum atomic E-state index is -1.85. The van der Waals surface area contributed by atoms with Crippen LogP contribution in [0.2, 0.25) is 0 Å². The molecule has 5 aliphatic rings. The van der Waals surface area contributed by atoms with E-state index < -0.39 is 52.7 Å². The molecule has 11 heteroatoms. The van der Waals surface area contributed by atoms with E-state index in [9.17, 15) is 19.8 Å². The highest BCUT2D eigenvalue weighted by molar-refractivity contribution is 9.10. The summed E-state index contributed by atoms with van der Waals surface area (Å²) in [6.07, 6.45) is 2.93. The third kappa shape index (κ3) is 4.73. The number of ketones is 1. The van der Waals surface area contributed by atoms with Gasteiger partial charge >= 0.3 is 6.16 Å². The summed E-state index contributed by atoms with van der Waals surface area (Å²) in [5.41, 5.74) is -1.13. The van der Waals surface area contributed by atoms with E-state index in [0.717, 1.165) is 11.1 Å². The third-order valence-corrected chi connectivity index (χ3v) is 11.1. The van der Waals surface area contributed by atoms with Gasteiger partial charge in [0, 0.05) is 24.3 Å². The van der Waals surface area contributed by atoms with Crippen LogP contribution in [0, 0.1) is 17.8 Å². The largest absolute Gasteiger partial charge is 0.514 e. The highest BCUT2D eigenvalue weighted by atomic mass is 79.9. The van der Waals surface area contributed by atoms with Crippen LogP contribution >= 0.6 is 15.9 Å². The van der Waals surface area contributed by atoms with Gasteiger partial charge in [-0.2, -0.15) is 0 Å². The molecular weight excluding hydrogens is 672 g/mol. The van der Waals surface area contributed by atoms with Crippen molar-refractivity contribution in [2.24, 2.45) is 17.8 Å². The average molecular weight is 710 g/mol. The van der Waals surface area contributed by atoms with Gasteiger partial charge < -0.3 is 38.6 Å². The van der Waals surface area contributed by atoms with E-state index >= 15 is 0 Å². The number of benzene rings is 2. The van der Waals surface area contributed by atoms with Crippen molar-refractivity contribution in [2.75, 3.05) is 13.7 Å². The number of hydrogen-bond donors (Lipinski definition) is 2. The van der Waals surface area contributed by atoms with Crippen LogP contribution < -0.4 is 9.47 Å². The second kappa shape index (κ2) is 11.0. The first-order valence-electron chi connectivity index (χ1n) is 15.6. The van der Waals surface area contributed by atoms with Crippen molar-refractivity contribution >= 4 is 27.9 Å². The molecule has 8 atom stereocenters. The Kier molecular flexibility index (Phi) is 7.53. The zero-order chi connectivity index (χ0) is 33.5. The molecule has 0 spiro atoms. The van der Waals surface area contributed by atoms with Crippen LogP contribution in [0.4, 0.5) is 4.79 Å². The predicted octanol–water partition coefficient (Wildman–Crippen LogP) is 5.94. The number of hydrogen-bond acceptors (Lipinski definition) is 10. The summed E-state index contributed by atoms with van der Waals surface area (Å²) in [5.74, 6) is -3.24. The van der Waals surface area contributed by atoms with Crippen molar-refractivity contribution in [3.8, 4) is 17.2 Å². The molecule has 3 aliphatic carbocycles. The minimum Gasteiger partial charge on any atom is -0.503 e. The van der Waals surface area contributed by atoms with Gasteiger partial charge in [0.25, 0.3) is 5.97 Å². The maximum atomic E-state index is 13.8. The Morgan fingerprint density at radius 1 is 1.17 bits per heavy atom. The van der Waals surface area contributed by atoms with Crippen LogP contribution in [-0.4, -0.2) is 64.7 Å². The second-order valence-corrected chi connectivity index (χ2v) is 14.3. The number of aliphatic hydroxyl groups is 1. The number of fused-ring (bicyclic) bond motifs is 2. The van der Waals surface area contributed by atoms with E-state index in [-0.39, 0.29) is 40.7 Å². The summed E-state index contributed by atoms with van der Waals surface area (Å²) in [6.45, 7) is 9.77. The smallest absolute Gasteiger partial charge is 0.503 e. The molecule has 2 heterocycles. The van der Waals surface area contributed by atoms with Gasteiger partial charge in [0.1, 0.15) is 29.7 Å². The molecule has 10 nitrogen and oxygen atoms in total. The Hall–Kier alpha value is -3.48. The number of ether oxygens (including phenoxy) is 6. The third-order valence-electron chi connectivity index (χ3n) is 10.5. The van der Waals surface area contributed by atoms with Crippen molar-refractivity contribution in [2.45, 2.75) is 68.9 Å². The first-order chi connectivity index (χ1) is 22.3. The fraction of sp³-hybridized carbons (Fsp3) is 0.444. The van der Waals surface area contributed by atoms with Gasteiger partial charge in [-0.25, -0.2) is 4.79 Å². The van der Waals surface area contributed by atoms with E-state index in [1.165, 1.54) is 19.2 Å². The summed E-state index contributed by atoms with van der Waals surface area (Å²) >= 11 is 3.21. The van der Waals surface area contributed by atoms with Gasteiger partial charge in [-0.1, -0.05) is 56.0 Å². The number of Topliss-reactive ketones (excluding diaryl/α,β-unsaturated/α-hetero) is 1. The number of aromatic hydroxyl groups is 1. The normalized spacial score (nSPS) is 36.5.